The molecule has 0 aromatic heterocycles. The summed E-state index contributed by atoms with van der Waals surface area (Å²) in [5.41, 5.74) is 0. The number of hydrogen-bond acceptors (Lipinski definition) is 4. The molecule has 5 nitrogen and oxygen atoms in total. The average molecular weight is 257 g/mol. The van der Waals surface area contributed by atoms with Crippen LogP contribution in [0.15, 0.2) is 12.7 Å². The summed E-state index contributed by atoms with van der Waals surface area (Å²) in [6.45, 7) is 11.3. The summed E-state index contributed by atoms with van der Waals surface area (Å²) in [5.74, 6) is 0.159. The van der Waals surface area contributed by atoms with E-state index in [2.05, 4.69) is 11.9 Å². The summed E-state index contributed by atoms with van der Waals surface area (Å²) in [6, 6.07) is 0. The van der Waals surface area contributed by atoms with Crippen molar-refractivity contribution < 1.29 is 19.1 Å². The fourth-order valence-corrected chi connectivity index (χ4v) is 0.592. The van der Waals surface area contributed by atoms with Crippen LogP contribution < -0.4 is 5.32 Å². The van der Waals surface area contributed by atoms with Crippen LogP contribution in [0.4, 0.5) is 0 Å². The lowest BCUT2D eigenvalue weighted by molar-refractivity contribution is -0.138. The molecule has 5 heteroatoms. The molecule has 104 valence electrons. The number of hydrogen-bond donors (Lipinski definition) is 1. The summed E-state index contributed by atoms with van der Waals surface area (Å²) in [4.78, 5) is 30.6. The molecular formula is C13H23NO4. The summed E-state index contributed by atoms with van der Waals surface area (Å²) < 4.78 is 4.74. The van der Waals surface area contributed by atoms with E-state index in [0.717, 1.165) is 6.08 Å². The van der Waals surface area contributed by atoms with Crippen molar-refractivity contribution in [2.45, 2.75) is 27.7 Å². The normalized spacial score (nSPS) is 10.7. The number of carbonyl (C=O) groups is 3. The van der Waals surface area contributed by atoms with Gasteiger partial charge in [0, 0.05) is 24.5 Å². The Bertz CT molecular complexity index is 274. The number of amides is 1. The SMILES string of the molecule is C=CC(=O)OCC(C)CNC=O.CC(=O)C(C)C. The Morgan fingerprint density at radius 3 is 2.17 bits per heavy atom. The summed E-state index contributed by atoms with van der Waals surface area (Å²) in [6.07, 6.45) is 1.73. The topological polar surface area (TPSA) is 72.5 Å². The molecule has 0 aromatic carbocycles. The molecule has 1 unspecified atom stereocenters. The third-order valence-electron chi connectivity index (χ3n) is 2.04. The highest BCUT2D eigenvalue weighted by atomic mass is 16.5. The Morgan fingerprint density at radius 2 is 1.83 bits per heavy atom. The molecular weight excluding hydrogens is 234 g/mol. The maximum absolute atomic E-state index is 10.6. The Labute approximate surface area is 109 Å². The maximum Gasteiger partial charge on any atom is 0.330 e. The number of ketones is 1. The molecule has 1 N–H and O–H groups in total. The molecule has 0 aliphatic heterocycles. The predicted octanol–water partition coefficient (Wildman–Crippen LogP) is 1.33. The summed E-state index contributed by atoms with van der Waals surface area (Å²) in [5, 5.41) is 2.49. The molecule has 1 amide bonds. The van der Waals surface area contributed by atoms with Gasteiger partial charge in [-0.25, -0.2) is 4.79 Å². The first-order valence-corrected chi connectivity index (χ1v) is 5.81. The van der Waals surface area contributed by atoms with Crippen molar-refractivity contribution >= 4 is 18.2 Å². The van der Waals surface area contributed by atoms with Gasteiger partial charge in [0.15, 0.2) is 0 Å². The fraction of sp³-hybridized carbons (Fsp3) is 0.615. The molecule has 1 atom stereocenters. The lowest BCUT2D eigenvalue weighted by atomic mass is 10.1. The van der Waals surface area contributed by atoms with Crippen LogP contribution in [-0.2, 0) is 19.1 Å². The van der Waals surface area contributed by atoms with Gasteiger partial charge in [0.25, 0.3) is 0 Å². The Balaban J connectivity index is 0. The number of nitrogens with one attached hydrogen (secondary N) is 1. The molecule has 0 radical (unpaired) electrons. The van der Waals surface area contributed by atoms with Crippen LogP contribution in [0.3, 0.4) is 0 Å². The summed E-state index contributed by atoms with van der Waals surface area (Å²) in [7, 11) is 0. The van der Waals surface area contributed by atoms with Crippen molar-refractivity contribution in [2.75, 3.05) is 13.2 Å². The van der Waals surface area contributed by atoms with E-state index < -0.39 is 5.97 Å². The Kier molecular flexibility index (Phi) is 12.3. The zero-order valence-corrected chi connectivity index (χ0v) is 11.6. The van der Waals surface area contributed by atoms with Crippen molar-refractivity contribution in [2.24, 2.45) is 11.8 Å². The van der Waals surface area contributed by atoms with E-state index in [1.165, 1.54) is 0 Å². The van der Waals surface area contributed by atoms with Gasteiger partial charge in [0.05, 0.1) is 6.61 Å². The molecule has 0 saturated heterocycles. The van der Waals surface area contributed by atoms with E-state index in [1.54, 1.807) is 6.92 Å². The molecule has 0 aromatic rings. The van der Waals surface area contributed by atoms with Crippen LogP contribution in [0.25, 0.3) is 0 Å². The monoisotopic (exact) mass is 257 g/mol. The number of Topliss-reactive ketones (excluding diaryl/α,β-unsaturated/α-hetero) is 1. The third kappa shape index (κ3) is 14.4. The molecule has 0 saturated carbocycles. The largest absolute Gasteiger partial charge is 0.462 e. The van der Waals surface area contributed by atoms with Crippen molar-refractivity contribution in [1.29, 1.82) is 0 Å². The highest BCUT2D eigenvalue weighted by Crippen LogP contribution is 1.93. The van der Waals surface area contributed by atoms with Crippen molar-refractivity contribution in [3.8, 4) is 0 Å². The van der Waals surface area contributed by atoms with Crippen LogP contribution in [-0.4, -0.2) is 31.3 Å². The highest BCUT2D eigenvalue weighted by molar-refractivity contribution is 5.81. The Hall–Kier alpha value is -1.65. The first kappa shape index (κ1) is 18.7. The van der Waals surface area contributed by atoms with Gasteiger partial charge in [-0.2, -0.15) is 0 Å². The molecule has 0 spiro atoms. The van der Waals surface area contributed by atoms with E-state index in [4.69, 9.17) is 4.74 Å². The minimum Gasteiger partial charge on any atom is -0.462 e. The van der Waals surface area contributed by atoms with Crippen molar-refractivity contribution in [1.82, 2.24) is 5.32 Å². The molecule has 0 fully saturated rings. The van der Waals surface area contributed by atoms with Crippen molar-refractivity contribution in [3.63, 3.8) is 0 Å². The zero-order valence-electron chi connectivity index (χ0n) is 11.6. The molecule has 0 heterocycles. The second-order valence-corrected chi connectivity index (χ2v) is 4.23. The van der Waals surface area contributed by atoms with Gasteiger partial charge < -0.3 is 10.1 Å². The first-order valence-electron chi connectivity index (χ1n) is 5.81. The average Bonchev–Trinajstić information content (AvgIpc) is 2.33. The van der Waals surface area contributed by atoms with E-state index in [-0.39, 0.29) is 17.6 Å². The molecule has 0 aliphatic rings. The van der Waals surface area contributed by atoms with Gasteiger partial charge in [0.2, 0.25) is 6.41 Å². The molecule has 0 aliphatic carbocycles. The number of carbonyl (C=O) groups excluding carboxylic acids is 3. The van der Waals surface area contributed by atoms with Gasteiger partial charge in [0.1, 0.15) is 5.78 Å². The van der Waals surface area contributed by atoms with Crippen LogP contribution in [0, 0.1) is 11.8 Å². The minimum absolute atomic E-state index is 0.124. The third-order valence-corrected chi connectivity index (χ3v) is 2.04. The van der Waals surface area contributed by atoms with Crippen LogP contribution in [0.1, 0.15) is 27.7 Å². The smallest absolute Gasteiger partial charge is 0.330 e. The zero-order chi connectivity index (χ0) is 14.6. The second-order valence-electron chi connectivity index (χ2n) is 4.23. The van der Waals surface area contributed by atoms with E-state index in [1.807, 2.05) is 20.8 Å². The lowest BCUT2D eigenvalue weighted by Gasteiger charge is -2.09. The van der Waals surface area contributed by atoms with Gasteiger partial charge in [-0.15, -0.1) is 0 Å². The van der Waals surface area contributed by atoms with Gasteiger partial charge in [-0.1, -0.05) is 27.4 Å². The quantitative estimate of drug-likeness (QED) is 0.424. The lowest BCUT2D eigenvalue weighted by Crippen LogP contribution is -2.23. The minimum atomic E-state index is -0.437. The van der Waals surface area contributed by atoms with E-state index >= 15 is 0 Å². The van der Waals surface area contributed by atoms with Crippen LogP contribution in [0.5, 0.6) is 0 Å². The number of esters is 1. The summed E-state index contributed by atoms with van der Waals surface area (Å²) >= 11 is 0. The van der Waals surface area contributed by atoms with E-state index in [0.29, 0.717) is 19.6 Å². The fourth-order valence-electron chi connectivity index (χ4n) is 0.592. The molecule has 0 rings (SSSR count). The highest BCUT2D eigenvalue weighted by Gasteiger charge is 2.03. The van der Waals surface area contributed by atoms with Gasteiger partial charge in [-0.3, -0.25) is 9.59 Å². The standard InChI is InChI=1S/C8H13NO3.C5H10O/c1-3-8(11)12-5-7(2)4-9-6-10;1-4(2)5(3)6/h3,6-7H,1,4-5H2,2H3,(H,9,10);4H,1-3H3. The molecule has 0 bridgehead atoms. The number of ether oxygens (including phenoxy) is 1. The first-order chi connectivity index (χ1) is 8.34. The molecule has 18 heavy (non-hydrogen) atoms. The van der Waals surface area contributed by atoms with Crippen LogP contribution >= 0.6 is 0 Å². The number of rotatable bonds is 7. The Morgan fingerprint density at radius 1 is 1.33 bits per heavy atom. The van der Waals surface area contributed by atoms with E-state index in [9.17, 15) is 14.4 Å². The predicted molar refractivity (Wildman–Crippen MR) is 69.9 cm³/mol. The van der Waals surface area contributed by atoms with Gasteiger partial charge in [-0.05, 0) is 6.92 Å². The maximum atomic E-state index is 10.6. The van der Waals surface area contributed by atoms with Crippen molar-refractivity contribution in [3.05, 3.63) is 12.7 Å². The second kappa shape index (κ2) is 11.8. The van der Waals surface area contributed by atoms with Crippen LogP contribution in [0.2, 0.25) is 0 Å². The van der Waals surface area contributed by atoms with Gasteiger partial charge >= 0.3 is 5.97 Å².